The fraction of sp³-hybridized carbons (Fsp3) is 0.429. The Morgan fingerprint density at radius 3 is 2.58 bits per heavy atom. The Labute approximate surface area is 111 Å². The molecule has 0 spiro atoms. The fourth-order valence-corrected chi connectivity index (χ4v) is 2.27. The topological polar surface area (TPSA) is 77.8 Å². The van der Waals surface area contributed by atoms with Crippen LogP contribution >= 0.6 is 0 Å². The molecule has 2 rings (SSSR count). The van der Waals surface area contributed by atoms with Gasteiger partial charge in [0, 0.05) is 25.3 Å². The van der Waals surface area contributed by atoms with Crippen molar-refractivity contribution in [1.29, 1.82) is 0 Å². The van der Waals surface area contributed by atoms with Crippen molar-refractivity contribution in [3.8, 4) is 0 Å². The number of carboxylic acids is 1. The van der Waals surface area contributed by atoms with Crippen molar-refractivity contribution in [3.05, 3.63) is 29.8 Å². The lowest BCUT2D eigenvalue weighted by Crippen LogP contribution is -2.42. The molecule has 0 aliphatic carbocycles. The van der Waals surface area contributed by atoms with Crippen LogP contribution in [0, 0.1) is 5.92 Å². The van der Waals surface area contributed by atoms with Gasteiger partial charge in [-0.1, -0.05) is 12.1 Å². The van der Waals surface area contributed by atoms with Crippen molar-refractivity contribution in [3.63, 3.8) is 0 Å². The normalized spacial score (nSPS) is 19.5. The van der Waals surface area contributed by atoms with Crippen molar-refractivity contribution >= 4 is 17.6 Å². The molecular weight excluding hydrogens is 246 g/mol. The van der Waals surface area contributed by atoms with Crippen molar-refractivity contribution in [2.75, 3.05) is 18.1 Å². The number of amides is 1. The molecule has 1 aromatic carbocycles. The zero-order valence-corrected chi connectivity index (χ0v) is 10.6. The van der Waals surface area contributed by atoms with Crippen LogP contribution in [-0.4, -0.2) is 35.2 Å². The smallest absolute Gasteiger partial charge is 0.308 e. The van der Waals surface area contributed by atoms with Gasteiger partial charge in [0.1, 0.15) is 0 Å². The zero-order chi connectivity index (χ0) is 13.8. The minimum absolute atomic E-state index is 0.0348. The third-order valence-electron chi connectivity index (χ3n) is 3.41. The summed E-state index contributed by atoms with van der Waals surface area (Å²) in [7, 11) is 0. The van der Waals surface area contributed by atoms with E-state index >= 15 is 0 Å². The molecule has 5 nitrogen and oxygen atoms in total. The summed E-state index contributed by atoms with van der Waals surface area (Å²) >= 11 is 0. The third-order valence-corrected chi connectivity index (χ3v) is 3.41. The molecule has 1 atom stereocenters. The molecular formula is C14H17NO4. The molecule has 2 N–H and O–H groups in total. The van der Waals surface area contributed by atoms with E-state index in [-0.39, 0.29) is 25.5 Å². The lowest BCUT2D eigenvalue weighted by atomic mass is 9.97. The lowest BCUT2D eigenvalue weighted by Gasteiger charge is -2.30. The number of hydrogen-bond acceptors (Lipinski definition) is 3. The van der Waals surface area contributed by atoms with E-state index < -0.39 is 11.9 Å². The van der Waals surface area contributed by atoms with Gasteiger partial charge in [-0.15, -0.1) is 0 Å². The number of hydrogen-bond donors (Lipinski definition) is 2. The Bertz CT molecular complexity index is 469. The van der Waals surface area contributed by atoms with E-state index in [9.17, 15) is 9.59 Å². The van der Waals surface area contributed by atoms with E-state index in [1.165, 1.54) is 4.90 Å². The maximum absolute atomic E-state index is 11.9. The molecule has 0 radical (unpaired) electrons. The molecule has 5 heteroatoms. The van der Waals surface area contributed by atoms with Gasteiger partial charge in [-0.25, -0.2) is 0 Å². The first-order chi connectivity index (χ1) is 9.11. The minimum atomic E-state index is -0.852. The monoisotopic (exact) mass is 263 g/mol. The van der Waals surface area contributed by atoms with E-state index in [0.29, 0.717) is 12.8 Å². The number of aliphatic hydroxyl groups excluding tert-OH is 1. The molecule has 1 amide bonds. The van der Waals surface area contributed by atoms with Gasteiger partial charge < -0.3 is 15.1 Å². The molecule has 0 aromatic heterocycles. The first-order valence-electron chi connectivity index (χ1n) is 6.35. The highest BCUT2D eigenvalue weighted by atomic mass is 16.4. The van der Waals surface area contributed by atoms with Gasteiger partial charge in [-0.05, 0) is 30.5 Å². The maximum Gasteiger partial charge on any atom is 0.308 e. The van der Waals surface area contributed by atoms with Gasteiger partial charge >= 0.3 is 5.97 Å². The number of rotatable bonds is 4. The number of benzene rings is 1. The molecule has 1 fully saturated rings. The van der Waals surface area contributed by atoms with Crippen LogP contribution in [0.15, 0.2) is 24.3 Å². The Balaban J connectivity index is 2.14. The molecule has 1 aromatic rings. The summed E-state index contributed by atoms with van der Waals surface area (Å²) in [5.41, 5.74) is 1.71. The van der Waals surface area contributed by atoms with Gasteiger partial charge in [-0.3, -0.25) is 9.59 Å². The minimum Gasteiger partial charge on any atom is -0.481 e. The van der Waals surface area contributed by atoms with Gasteiger partial charge in [0.05, 0.1) is 5.92 Å². The molecule has 102 valence electrons. The molecule has 1 heterocycles. The van der Waals surface area contributed by atoms with Crippen LogP contribution in [-0.2, 0) is 16.0 Å². The van der Waals surface area contributed by atoms with Crippen molar-refractivity contribution in [2.24, 2.45) is 5.92 Å². The van der Waals surface area contributed by atoms with Crippen LogP contribution in [0.2, 0.25) is 0 Å². The highest BCUT2D eigenvalue weighted by molar-refractivity contribution is 5.95. The SMILES string of the molecule is O=C(O)C1CCC(=O)N(c2ccc(CCO)cc2)C1. The maximum atomic E-state index is 11.9. The summed E-state index contributed by atoms with van der Waals surface area (Å²) in [5, 5.41) is 17.9. The molecule has 0 saturated carbocycles. The summed E-state index contributed by atoms with van der Waals surface area (Å²) < 4.78 is 0. The number of carbonyl (C=O) groups excluding carboxylic acids is 1. The molecule has 1 saturated heterocycles. The standard InChI is InChI=1S/C14H17NO4/c16-8-7-10-1-4-12(5-2-10)15-9-11(14(18)19)3-6-13(15)17/h1-2,4-5,11,16H,3,6-9H2,(H,18,19). The molecule has 19 heavy (non-hydrogen) atoms. The van der Waals surface area contributed by atoms with Crippen molar-refractivity contribution in [2.45, 2.75) is 19.3 Å². The van der Waals surface area contributed by atoms with Gasteiger partial charge in [0.25, 0.3) is 0 Å². The fourth-order valence-electron chi connectivity index (χ4n) is 2.27. The zero-order valence-electron chi connectivity index (χ0n) is 10.6. The van der Waals surface area contributed by atoms with E-state index in [0.717, 1.165) is 11.3 Å². The molecule has 0 bridgehead atoms. The third kappa shape index (κ3) is 3.12. The lowest BCUT2D eigenvalue weighted by molar-refractivity contribution is -0.142. The number of piperidine rings is 1. The van der Waals surface area contributed by atoms with Crippen LogP contribution in [0.3, 0.4) is 0 Å². The first-order valence-corrected chi connectivity index (χ1v) is 6.35. The van der Waals surface area contributed by atoms with E-state index in [1.807, 2.05) is 12.1 Å². The second-order valence-electron chi connectivity index (χ2n) is 4.72. The summed E-state index contributed by atoms with van der Waals surface area (Å²) in [6, 6.07) is 7.30. The average molecular weight is 263 g/mol. The summed E-state index contributed by atoms with van der Waals surface area (Å²) in [6.45, 7) is 0.316. The predicted molar refractivity (Wildman–Crippen MR) is 69.9 cm³/mol. The Hall–Kier alpha value is -1.88. The van der Waals surface area contributed by atoms with Gasteiger partial charge in [0.2, 0.25) is 5.91 Å². The van der Waals surface area contributed by atoms with E-state index in [2.05, 4.69) is 0 Å². The Kier molecular flexibility index (Phi) is 4.16. The molecule has 1 aliphatic heterocycles. The average Bonchev–Trinajstić information content (AvgIpc) is 2.40. The number of carboxylic acid groups (broad SMARTS) is 1. The Morgan fingerprint density at radius 1 is 1.32 bits per heavy atom. The van der Waals surface area contributed by atoms with Crippen molar-refractivity contribution in [1.82, 2.24) is 0 Å². The van der Waals surface area contributed by atoms with Crippen LogP contribution < -0.4 is 4.90 Å². The number of anilines is 1. The quantitative estimate of drug-likeness (QED) is 0.851. The number of aliphatic hydroxyl groups is 1. The van der Waals surface area contributed by atoms with E-state index in [4.69, 9.17) is 10.2 Å². The number of carbonyl (C=O) groups is 2. The number of nitrogens with zero attached hydrogens (tertiary/aromatic N) is 1. The van der Waals surface area contributed by atoms with Crippen LogP contribution in [0.4, 0.5) is 5.69 Å². The second-order valence-corrected chi connectivity index (χ2v) is 4.72. The highest BCUT2D eigenvalue weighted by Gasteiger charge is 2.30. The summed E-state index contributed by atoms with van der Waals surface area (Å²) in [6.07, 6.45) is 1.26. The van der Waals surface area contributed by atoms with Gasteiger partial charge in [0.15, 0.2) is 0 Å². The van der Waals surface area contributed by atoms with Crippen LogP contribution in [0.25, 0.3) is 0 Å². The second kappa shape index (κ2) is 5.84. The number of aliphatic carboxylic acids is 1. The highest BCUT2D eigenvalue weighted by Crippen LogP contribution is 2.24. The van der Waals surface area contributed by atoms with Crippen LogP contribution in [0.5, 0.6) is 0 Å². The summed E-state index contributed by atoms with van der Waals surface area (Å²) in [4.78, 5) is 24.4. The molecule has 1 aliphatic rings. The summed E-state index contributed by atoms with van der Waals surface area (Å²) in [5.74, 6) is -1.38. The first kappa shape index (κ1) is 13.5. The Morgan fingerprint density at radius 2 is 2.00 bits per heavy atom. The van der Waals surface area contributed by atoms with Gasteiger partial charge in [-0.2, -0.15) is 0 Å². The molecule has 1 unspecified atom stereocenters. The van der Waals surface area contributed by atoms with Crippen LogP contribution in [0.1, 0.15) is 18.4 Å². The largest absolute Gasteiger partial charge is 0.481 e. The van der Waals surface area contributed by atoms with E-state index in [1.54, 1.807) is 12.1 Å². The van der Waals surface area contributed by atoms with Crippen molar-refractivity contribution < 1.29 is 19.8 Å². The predicted octanol–water partition coefficient (Wildman–Crippen LogP) is 1.05.